The highest BCUT2D eigenvalue weighted by molar-refractivity contribution is 7.89. The topological polar surface area (TPSA) is 97.6 Å². The Morgan fingerprint density at radius 2 is 1.46 bits per heavy atom. The van der Waals surface area contributed by atoms with Crippen molar-refractivity contribution in [2.75, 3.05) is 25.4 Å². The highest BCUT2D eigenvalue weighted by Crippen LogP contribution is 2.20. The number of unbranched alkanes of at least 4 members (excludes halogenated alkanes) is 15. The number of thiazole rings is 1. The molecule has 0 spiro atoms. The quantitative estimate of drug-likeness (QED) is 0.0874. The van der Waals surface area contributed by atoms with Gasteiger partial charge in [-0.1, -0.05) is 115 Å². The third-order valence-corrected chi connectivity index (χ3v) is 9.89. The minimum Gasteiger partial charge on any atom is -0.447 e. The van der Waals surface area contributed by atoms with Crippen LogP contribution in [0.25, 0.3) is 0 Å². The number of amides is 1. The number of carbonyl (C=O) groups excluding carboxylic acids is 1. The molecular formula is C31H58N3O5S2+. The van der Waals surface area contributed by atoms with E-state index in [-0.39, 0.29) is 31.1 Å². The van der Waals surface area contributed by atoms with Crippen LogP contribution in [-0.2, 0) is 26.0 Å². The minimum atomic E-state index is -3.33. The molecular weight excluding hydrogens is 558 g/mol. The zero-order valence-electron chi connectivity index (χ0n) is 25.7. The van der Waals surface area contributed by atoms with Crippen LogP contribution in [0.15, 0.2) is 17.1 Å². The van der Waals surface area contributed by atoms with E-state index in [1.165, 1.54) is 89.9 Å². The van der Waals surface area contributed by atoms with Crippen LogP contribution in [0.5, 0.6) is 0 Å². The Morgan fingerprint density at radius 3 is 2.05 bits per heavy atom. The Kier molecular flexibility index (Phi) is 20.4. The number of rotatable bonds is 26. The predicted molar refractivity (Wildman–Crippen MR) is 168 cm³/mol. The Hall–Kier alpha value is -1.23. The SMILES string of the molecule is CCCCCCCCCCCCCCCCCCNC(=O)OCC1CCC(CNS(=O)(=O)CCC[n+]2ccsc2)O1. The van der Waals surface area contributed by atoms with Crippen molar-refractivity contribution in [2.45, 2.75) is 148 Å². The predicted octanol–water partition coefficient (Wildman–Crippen LogP) is 6.88. The molecule has 2 heterocycles. The number of aromatic nitrogens is 1. The zero-order valence-corrected chi connectivity index (χ0v) is 27.3. The van der Waals surface area contributed by atoms with Gasteiger partial charge in [-0.3, -0.25) is 0 Å². The van der Waals surface area contributed by atoms with Gasteiger partial charge in [0.1, 0.15) is 13.2 Å². The van der Waals surface area contributed by atoms with Gasteiger partial charge in [0.05, 0.1) is 23.3 Å². The van der Waals surface area contributed by atoms with E-state index in [2.05, 4.69) is 17.0 Å². The first kappa shape index (κ1) is 36.0. The van der Waals surface area contributed by atoms with Crippen molar-refractivity contribution in [3.05, 3.63) is 17.1 Å². The summed E-state index contributed by atoms with van der Waals surface area (Å²) < 4.78 is 40.4. The maximum absolute atomic E-state index is 12.3. The van der Waals surface area contributed by atoms with Crippen LogP contribution < -0.4 is 14.6 Å². The lowest BCUT2D eigenvalue weighted by Gasteiger charge is -2.15. The molecule has 1 aromatic rings. The number of nitrogens with zero attached hydrogens (tertiary/aromatic N) is 1. The molecule has 0 aliphatic carbocycles. The Labute approximate surface area is 254 Å². The average Bonchev–Trinajstić information content (AvgIpc) is 3.65. The third kappa shape index (κ3) is 19.6. The molecule has 1 aliphatic rings. The van der Waals surface area contributed by atoms with E-state index < -0.39 is 16.1 Å². The second-order valence-electron chi connectivity index (χ2n) is 11.6. The highest BCUT2D eigenvalue weighted by Gasteiger charge is 2.27. The van der Waals surface area contributed by atoms with E-state index in [9.17, 15) is 13.2 Å². The first-order valence-corrected chi connectivity index (χ1v) is 19.0. The lowest BCUT2D eigenvalue weighted by molar-refractivity contribution is -0.692. The molecule has 8 nitrogen and oxygen atoms in total. The van der Waals surface area contributed by atoms with Crippen LogP contribution in [0.2, 0.25) is 0 Å². The van der Waals surface area contributed by atoms with Crippen molar-refractivity contribution >= 4 is 27.5 Å². The molecule has 1 aromatic heterocycles. The van der Waals surface area contributed by atoms with Gasteiger partial charge in [0.15, 0.2) is 6.20 Å². The fourth-order valence-corrected chi connectivity index (χ4v) is 6.98. The number of hydrogen-bond donors (Lipinski definition) is 2. The van der Waals surface area contributed by atoms with Crippen LogP contribution >= 0.6 is 11.3 Å². The average molecular weight is 617 g/mol. The van der Waals surface area contributed by atoms with E-state index in [4.69, 9.17) is 9.47 Å². The molecule has 1 aliphatic heterocycles. The van der Waals surface area contributed by atoms with E-state index in [0.29, 0.717) is 19.5 Å². The number of carbonyl (C=O) groups is 1. The van der Waals surface area contributed by atoms with E-state index in [0.717, 1.165) is 25.7 Å². The van der Waals surface area contributed by atoms with Gasteiger partial charge in [-0.05, 0) is 19.3 Å². The van der Waals surface area contributed by atoms with Gasteiger partial charge in [-0.2, -0.15) is 4.57 Å². The standard InChI is InChI=1S/C31H57N3O5S2/c1-2-3-4-5-6-7-8-9-10-11-12-13-14-15-16-17-21-32-31(35)38-27-30-20-19-29(39-30)26-33-41(36,37)25-18-22-34-23-24-40-28-34/h23-24,28-30,33H,2-22,25-27H2,1H3/p+1. The summed E-state index contributed by atoms with van der Waals surface area (Å²) in [6, 6.07) is 0. The largest absolute Gasteiger partial charge is 0.447 e. The summed E-state index contributed by atoms with van der Waals surface area (Å²) >= 11 is 1.59. The molecule has 0 saturated carbocycles. The van der Waals surface area contributed by atoms with Crippen molar-refractivity contribution in [1.29, 1.82) is 0 Å². The van der Waals surface area contributed by atoms with Gasteiger partial charge in [0.25, 0.3) is 0 Å². The summed E-state index contributed by atoms with van der Waals surface area (Å²) in [4.78, 5) is 12.0. The fraction of sp³-hybridized carbons (Fsp3) is 0.871. The first-order chi connectivity index (χ1) is 20.0. The summed E-state index contributed by atoms with van der Waals surface area (Å²) in [5, 5.41) is 4.80. The van der Waals surface area contributed by atoms with E-state index in [1.807, 2.05) is 21.7 Å². The molecule has 2 atom stereocenters. The van der Waals surface area contributed by atoms with E-state index in [1.54, 1.807) is 11.3 Å². The normalized spacial score (nSPS) is 17.2. The number of nitrogens with one attached hydrogen (secondary N) is 2. The molecule has 0 bridgehead atoms. The van der Waals surface area contributed by atoms with E-state index >= 15 is 0 Å². The monoisotopic (exact) mass is 616 g/mol. The van der Waals surface area contributed by atoms with Crippen LogP contribution in [0.3, 0.4) is 0 Å². The summed E-state index contributed by atoms with van der Waals surface area (Å²) in [6.07, 6.45) is 24.5. The summed E-state index contributed by atoms with van der Waals surface area (Å²) in [7, 11) is -3.33. The number of aryl methyl sites for hydroxylation is 1. The molecule has 0 radical (unpaired) electrons. The van der Waals surface area contributed by atoms with Crippen molar-refractivity contribution in [2.24, 2.45) is 0 Å². The summed E-state index contributed by atoms with van der Waals surface area (Å²) in [5.41, 5.74) is 1.97. The summed E-state index contributed by atoms with van der Waals surface area (Å²) in [6.45, 7) is 4.06. The maximum Gasteiger partial charge on any atom is 0.407 e. The Bertz CT molecular complexity index is 867. The van der Waals surface area contributed by atoms with Gasteiger partial charge in [-0.15, -0.1) is 0 Å². The van der Waals surface area contributed by atoms with Crippen LogP contribution in [0, 0.1) is 0 Å². The minimum absolute atomic E-state index is 0.0919. The number of alkyl carbamates (subject to hydrolysis) is 1. The molecule has 1 saturated heterocycles. The molecule has 10 heteroatoms. The molecule has 2 unspecified atom stereocenters. The van der Waals surface area contributed by atoms with Crippen LogP contribution in [-0.4, -0.2) is 52.2 Å². The van der Waals surface area contributed by atoms with Crippen molar-refractivity contribution in [3.63, 3.8) is 0 Å². The van der Waals surface area contributed by atoms with Crippen molar-refractivity contribution in [3.8, 4) is 0 Å². The van der Waals surface area contributed by atoms with Gasteiger partial charge >= 0.3 is 6.09 Å². The van der Waals surface area contributed by atoms with Crippen molar-refractivity contribution in [1.82, 2.24) is 10.0 Å². The second-order valence-corrected chi connectivity index (χ2v) is 14.3. The lowest BCUT2D eigenvalue weighted by atomic mass is 10.0. The highest BCUT2D eigenvalue weighted by atomic mass is 32.2. The van der Waals surface area contributed by atoms with Gasteiger partial charge < -0.3 is 14.8 Å². The molecule has 41 heavy (non-hydrogen) atoms. The molecule has 238 valence electrons. The smallest absolute Gasteiger partial charge is 0.407 e. The van der Waals surface area contributed by atoms with Crippen LogP contribution in [0.1, 0.15) is 129 Å². The molecule has 1 amide bonds. The molecule has 2 N–H and O–H groups in total. The van der Waals surface area contributed by atoms with Crippen molar-refractivity contribution < 1.29 is 27.3 Å². The Morgan fingerprint density at radius 1 is 0.878 bits per heavy atom. The molecule has 2 rings (SSSR count). The van der Waals surface area contributed by atoms with Gasteiger partial charge in [0.2, 0.25) is 15.5 Å². The lowest BCUT2D eigenvalue weighted by Crippen LogP contribution is -2.36. The molecule has 1 fully saturated rings. The van der Waals surface area contributed by atoms with Crippen LogP contribution in [0.4, 0.5) is 4.79 Å². The maximum atomic E-state index is 12.3. The molecule has 0 aromatic carbocycles. The zero-order chi connectivity index (χ0) is 29.4. The second kappa shape index (κ2) is 23.3. The number of sulfonamides is 1. The third-order valence-electron chi connectivity index (χ3n) is 7.78. The first-order valence-electron chi connectivity index (χ1n) is 16.4. The fourth-order valence-electron chi connectivity index (χ4n) is 5.25. The number of ether oxygens (including phenoxy) is 2. The number of hydrogen-bond acceptors (Lipinski definition) is 6. The summed E-state index contributed by atoms with van der Waals surface area (Å²) in [5.74, 6) is 0.0919. The Balaban J connectivity index is 1.34. The van der Waals surface area contributed by atoms with Gasteiger partial charge in [0, 0.05) is 19.5 Å². The van der Waals surface area contributed by atoms with Gasteiger partial charge in [-0.25, -0.2) is 17.9 Å².